The maximum Gasteiger partial charge on any atom is 0.145 e. The SMILES string of the molecule is N#Cc1ccc(-c2ccc(-n3c4ccccc4c4c5oc6c(ccc7c6c6ccccc6n7-c6ccccc6)c5ccc43)cc2)cc1. The maximum atomic E-state index is 9.19. The average Bonchev–Trinajstić information content (AvgIpc) is 3.79. The third kappa shape index (κ3) is 3.63. The Balaban J connectivity index is 1.23. The molecule has 0 spiro atoms. The van der Waals surface area contributed by atoms with Gasteiger partial charge in [-0.1, -0.05) is 78.9 Å². The van der Waals surface area contributed by atoms with Gasteiger partial charge in [-0.15, -0.1) is 0 Å². The largest absolute Gasteiger partial charge is 0.455 e. The second-order valence-corrected chi connectivity index (χ2v) is 12.1. The zero-order valence-electron chi connectivity index (χ0n) is 25.2. The molecule has 0 radical (unpaired) electrons. The summed E-state index contributed by atoms with van der Waals surface area (Å²) in [4.78, 5) is 0. The van der Waals surface area contributed by atoms with E-state index in [2.05, 4.69) is 143 Å². The van der Waals surface area contributed by atoms with Crippen LogP contribution < -0.4 is 0 Å². The molecule has 0 aliphatic heterocycles. The van der Waals surface area contributed by atoms with E-state index >= 15 is 0 Å². The van der Waals surface area contributed by atoms with Crippen LogP contribution in [-0.4, -0.2) is 9.13 Å². The molecular weight excluding hydrogens is 574 g/mol. The summed E-state index contributed by atoms with van der Waals surface area (Å²) in [5.74, 6) is 0. The molecule has 4 heteroatoms. The van der Waals surface area contributed by atoms with Crippen LogP contribution in [0.25, 0.3) is 88.1 Å². The lowest BCUT2D eigenvalue weighted by atomic mass is 10.0. The topological polar surface area (TPSA) is 46.8 Å². The Labute approximate surface area is 269 Å². The minimum Gasteiger partial charge on any atom is -0.455 e. The molecule has 0 fully saturated rings. The number of rotatable bonds is 3. The molecule has 0 unspecified atom stereocenters. The number of fused-ring (bicyclic) bond motifs is 11. The van der Waals surface area contributed by atoms with Crippen molar-refractivity contribution in [2.75, 3.05) is 0 Å². The Bertz CT molecular complexity index is 2880. The van der Waals surface area contributed by atoms with E-state index in [0.29, 0.717) is 5.56 Å². The molecule has 0 bridgehead atoms. The Morgan fingerprint density at radius 1 is 0.404 bits per heavy atom. The van der Waals surface area contributed by atoms with Crippen LogP contribution in [-0.2, 0) is 0 Å². The molecule has 0 N–H and O–H groups in total. The van der Waals surface area contributed by atoms with Crippen molar-refractivity contribution >= 4 is 65.6 Å². The number of para-hydroxylation sites is 3. The molecular formula is C43H25N3O. The first-order valence-corrected chi connectivity index (χ1v) is 15.8. The van der Waals surface area contributed by atoms with Crippen molar-refractivity contribution in [2.45, 2.75) is 0 Å². The van der Waals surface area contributed by atoms with Gasteiger partial charge in [0.25, 0.3) is 0 Å². The van der Waals surface area contributed by atoms with E-state index in [0.717, 1.165) is 82.7 Å². The van der Waals surface area contributed by atoms with Crippen molar-refractivity contribution in [2.24, 2.45) is 0 Å². The molecule has 218 valence electrons. The highest BCUT2D eigenvalue weighted by molar-refractivity contribution is 6.28. The second-order valence-electron chi connectivity index (χ2n) is 12.1. The highest BCUT2D eigenvalue weighted by Gasteiger charge is 2.22. The fraction of sp³-hybridized carbons (Fsp3) is 0. The van der Waals surface area contributed by atoms with Gasteiger partial charge in [0.15, 0.2) is 0 Å². The lowest BCUT2D eigenvalue weighted by molar-refractivity contribution is 0.677. The molecule has 0 saturated carbocycles. The van der Waals surface area contributed by atoms with Gasteiger partial charge in [-0.25, -0.2) is 0 Å². The Morgan fingerprint density at radius 3 is 1.40 bits per heavy atom. The number of nitriles is 1. The smallest absolute Gasteiger partial charge is 0.145 e. The predicted molar refractivity (Wildman–Crippen MR) is 193 cm³/mol. The molecule has 0 aliphatic carbocycles. The number of nitrogens with zero attached hydrogens (tertiary/aromatic N) is 3. The summed E-state index contributed by atoms with van der Waals surface area (Å²) in [7, 11) is 0. The minimum absolute atomic E-state index is 0.662. The van der Waals surface area contributed by atoms with Crippen LogP contribution in [0.1, 0.15) is 5.56 Å². The zero-order valence-corrected chi connectivity index (χ0v) is 25.2. The van der Waals surface area contributed by atoms with E-state index < -0.39 is 0 Å². The molecule has 47 heavy (non-hydrogen) atoms. The Morgan fingerprint density at radius 2 is 0.872 bits per heavy atom. The van der Waals surface area contributed by atoms with Crippen LogP contribution in [0, 0.1) is 11.3 Å². The number of aromatic nitrogens is 2. The molecule has 4 nitrogen and oxygen atoms in total. The third-order valence-corrected chi connectivity index (χ3v) is 9.56. The Hall–Kier alpha value is -6.57. The van der Waals surface area contributed by atoms with E-state index in [1.165, 1.54) is 5.39 Å². The lowest BCUT2D eigenvalue weighted by Gasteiger charge is -2.09. The molecule has 10 rings (SSSR count). The van der Waals surface area contributed by atoms with Crippen LogP contribution in [0.3, 0.4) is 0 Å². The van der Waals surface area contributed by atoms with Crippen molar-refractivity contribution in [3.05, 3.63) is 157 Å². The summed E-state index contributed by atoms with van der Waals surface area (Å²) < 4.78 is 11.7. The highest BCUT2D eigenvalue weighted by Crippen LogP contribution is 2.44. The van der Waals surface area contributed by atoms with Crippen molar-refractivity contribution in [3.8, 4) is 28.6 Å². The monoisotopic (exact) mass is 599 g/mol. The minimum atomic E-state index is 0.662. The summed E-state index contributed by atoms with van der Waals surface area (Å²) >= 11 is 0. The van der Waals surface area contributed by atoms with Gasteiger partial charge in [-0.05, 0) is 83.9 Å². The van der Waals surface area contributed by atoms with Crippen LogP contribution in [0.15, 0.2) is 156 Å². The number of hydrogen-bond donors (Lipinski definition) is 0. The van der Waals surface area contributed by atoms with E-state index in [4.69, 9.17) is 4.42 Å². The molecule has 3 aromatic heterocycles. The van der Waals surface area contributed by atoms with Gasteiger partial charge in [0.1, 0.15) is 11.2 Å². The molecule has 7 aromatic carbocycles. The third-order valence-electron chi connectivity index (χ3n) is 9.56. The average molecular weight is 600 g/mol. The van der Waals surface area contributed by atoms with Crippen LogP contribution >= 0.6 is 0 Å². The van der Waals surface area contributed by atoms with Crippen molar-refractivity contribution in [1.82, 2.24) is 9.13 Å². The standard InChI is InChI=1S/C43H25N3O/c44-26-27-14-16-28(17-15-27)29-18-20-31(21-19-29)46-37-13-7-5-11-35(37)41-39(46)25-23-33-32-22-24-38-40(42(32)47-43(33)41)34-10-4-6-12-36(34)45(38)30-8-2-1-3-9-30/h1-25H. The summed E-state index contributed by atoms with van der Waals surface area (Å²) in [6.07, 6.45) is 0. The Kier molecular flexibility index (Phi) is 5.32. The first kappa shape index (κ1) is 25.7. The first-order chi connectivity index (χ1) is 23.3. The van der Waals surface area contributed by atoms with Gasteiger partial charge in [0.2, 0.25) is 0 Å². The van der Waals surface area contributed by atoms with E-state index in [9.17, 15) is 5.26 Å². The van der Waals surface area contributed by atoms with Gasteiger partial charge in [0.05, 0.1) is 44.5 Å². The van der Waals surface area contributed by atoms with Gasteiger partial charge < -0.3 is 13.6 Å². The normalized spacial score (nSPS) is 11.8. The zero-order chi connectivity index (χ0) is 31.1. The fourth-order valence-electron chi connectivity index (χ4n) is 7.47. The summed E-state index contributed by atoms with van der Waals surface area (Å²) in [6.45, 7) is 0. The second kappa shape index (κ2) is 9.71. The van der Waals surface area contributed by atoms with Gasteiger partial charge >= 0.3 is 0 Å². The number of benzene rings is 7. The number of hydrogen-bond acceptors (Lipinski definition) is 2. The van der Waals surface area contributed by atoms with Gasteiger partial charge in [-0.2, -0.15) is 5.26 Å². The van der Waals surface area contributed by atoms with E-state index in [1.54, 1.807) is 0 Å². The quantitative estimate of drug-likeness (QED) is 0.203. The van der Waals surface area contributed by atoms with Crippen molar-refractivity contribution < 1.29 is 4.42 Å². The van der Waals surface area contributed by atoms with Gasteiger partial charge in [0, 0.05) is 32.9 Å². The maximum absolute atomic E-state index is 9.19. The van der Waals surface area contributed by atoms with Crippen LogP contribution in [0.5, 0.6) is 0 Å². The summed E-state index contributed by atoms with van der Waals surface area (Å²) in [5, 5.41) is 16.0. The van der Waals surface area contributed by atoms with Crippen molar-refractivity contribution in [1.29, 1.82) is 5.26 Å². The van der Waals surface area contributed by atoms with E-state index in [1.807, 2.05) is 24.3 Å². The predicted octanol–water partition coefficient (Wildman–Crippen LogP) is 11.3. The molecule has 0 atom stereocenters. The molecule has 0 aliphatic rings. The van der Waals surface area contributed by atoms with Gasteiger partial charge in [-0.3, -0.25) is 0 Å². The lowest BCUT2D eigenvalue weighted by Crippen LogP contribution is -1.93. The van der Waals surface area contributed by atoms with Crippen molar-refractivity contribution in [3.63, 3.8) is 0 Å². The molecule has 0 amide bonds. The highest BCUT2D eigenvalue weighted by atomic mass is 16.3. The van der Waals surface area contributed by atoms with E-state index in [-0.39, 0.29) is 0 Å². The number of furan rings is 1. The first-order valence-electron chi connectivity index (χ1n) is 15.8. The fourth-order valence-corrected chi connectivity index (χ4v) is 7.47. The van der Waals surface area contributed by atoms with Crippen LogP contribution in [0.2, 0.25) is 0 Å². The molecule has 10 aromatic rings. The molecule has 0 saturated heterocycles. The van der Waals surface area contributed by atoms with Crippen LogP contribution in [0.4, 0.5) is 0 Å². The summed E-state index contributed by atoms with van der Waals surface area (Å²) in [5.41, 5.74) is 11.4. The molecule has 3 heterocycles. The summed E-state index contributed by atoms with van der Waals surface area (Å²) in [6, 6.07) is 55.2.